The Morgan fingerprint density at radius 2 is 2.06 bits per heavy atom. The molecule has 0 radical (unpaired) electrons. The average molecular weight is 248 g/mol. The lowest BCUT2D eigenvalue weighted by molar-refractivity contribution is -0.143. The highest BCUT2D eigenvalue weighted by Crippen LogP contribution is 2.41. The molecule has 0 saturated heterocycles. The van der Waals surface area contributed by atoms with Crippen LogP contribution in [0.2, 0.25) is 0 Å². The van der Waals surface area contributed by atoms with Crippen LogP contribution in [0.15, 0.2) is 18.2 Å². The number of carboxylic acids is 1. The Hall–Kier alpha value is -1.51. The normalized spacial score (nSPS) is 23.7. The Balaban J connectivity index is 2.38. The molecule has 1 saturated carbocycles. The first kappa shape index (κ1) is 12.9. The van der Waals surface area contributed by atoms with E-state index < -0.39 is 5.97 Å². The summed E-state index contributed by atoms with van der Waals surface area (Å²) in [6.45, 7) is 2.03. The summed E-state index contributed by atoms with van der Waals surface area (Å²) >= 11 is 0. The van der Waals surface area contributed by atoms with Crippen molar-refractivity contribution in [1.82, 2.24) is 0 Å². The van der Waals surface area contributed by atoms with Crippen molar-refractivity contribution < 1.29 is 14.6 Å². The Morgan fingerprint density at radius 1 is 1.33 bits per heavy atom. The average Bonchev–Trinajstić information content (AvgIpc) is 2.38. The fourth-order valence-corrected chi connectivity index (χ4v) is 2.94. The van der Waals surface area contributed by atoms with Crippen LogP contribution in [0, 0.1) is 12.8 Å². The summed E-state index contributed by atoms with van der Waals surface area (Å²) in [7, 11) is 1.65. The van der Waals surface area contributed by atoms with Gasteiger partial charge in [-0.3, -0.25) is 4.79 Å². The van der Waals surface area contributed by atoms with Gasteiger partial charge in [0.15, 0.2) is 0 Å². The highest BCUT2D eigenvalue weighted by atomic mass is 16.5. The molecule has 1 aliphatic carbocycles. The van der Waals surface area contributed by atoms with Crippen molar-refractivity contribution in [3.63, 3.8) is 0 Å². The zero-order valence-electron chi connectivity index (χ0n) is 11.0. The molecule has 0 aliphatic heterocycles. The second kappa shape index (κ2) is 5.42. The van der Waals surface area contributed by atoms with E-state index in [0.717, 1.165) is 42.6 Å². The first-order chi connectivity index (χ1) is 8.63. The summed E-state index contributed by atoms with van der Waals surface area (Å²) in [4.78, 5) is 11.4. The van der Waals surface area contributed by atoms with E-state index in [-0.39, 0.29) is 11.8 Å². The number of hydrogen-bond donors (Lipinski definition) is 1. The fourth-order valence-electron chi connectivity index (χ4n) is 2.94. The first-order valence-electron chi connectivity index (χ1n) is 6.51. The molecule has 1 aromatic carbocycles. The maximum Gasteiger partial charge on any atom is 0.307 e. The van der Waals surface area contributed by atoms with Crippen LogP contribution >= 0.6 is 0 Å². The van der Waals surface area contributed by atoms with Gasteiger partial charge in [-0.25, -0.2) is 0 Å². The van der Waals surface area contributed by atoms with Gasteiger partial charge in [0.1, 0.15) is 5.75 Å². The van der Waals surface area contributed by atoms with Gasteiger partial charge in [-0.05, 0) is 31.4 Å². The molecule has 98 valence electrons. The second-order valence-electron chi connectivity index (χ2n) is 5.08. The number of aryl methyl sites for hydroxylation is 1. The molecule has 2 unspecified atom stereocenters. The molecule has 1 fully saturated rings. The molecule has 2 atom stereocenters. The van der Waals surface area contributed by atoms with Crippen molar-refractivity contribution in [2.45, 2.75) is 38.5 Å². The largest absolute Gasteiger partial charge is 0.496 e. The molecular weight excluding hydrogens is 228 g/mol. The van der Waals surface area contributed by atoms with Gasteiger partial charge in [0.05, 0.1) is 13.0 Å². The number of carboxylic acid groups (broad SMARTS) is 1. The van der Waals surface area contributed by atoms with Crippen LogP contribution in [-0.4, -0.2) is 18.2 Å². The molecule has 0 bridgehead atoms. The van der Waals surface area contributed by atoms with Crippen LogP contribution in [0.4, 0.5) is 0 Å². The number of methoxy groups -OCH3 is 1. The minimum Gasteiger partial charge on any atom is -0.496 e. The van der Waals surface area contributed by atoms with Crippen molar-refractivity contribution in [1.29, 1.82) is 0 Å². The minimum atomic E-state index is -0.678. The van der Waals surface area contributed by atoms with Crippen LogP contribution in [-0.2, 0) is 4.79 Å². The maximum absolute atomic E-state index is 11.4. The molecule has 18 heavy (non-hydrogen) atoms. The second-order valence-corrected chi connectivity index (χ2v) is 5.08. The summed E-state index contributed by atoms with van der Waals surface area (Å²) in [6, 6.07) is 6.02. The molecule has 1 aliphatic rings. The van der Waals surface area contributed by atoms with Crippen molar-refractivity contribution in [2.24, 2.45) is 5.92 Å². The molecule has 2 rings (SSSR count). The summed E-state index contributed by atoms with van der Waals surface area (Å²) in [5.74, 6) is -0.0393. The summed E-state index contributed by atoms with van der Waals surface area (Å²) in [5.41, 5.74) is 2.21. The van der Waals surface area contributed by atoms with Gasteiger partial charge in [0.2, 0.25) is 0 Å². The van der Waals surface area contributed by atoms with E-state index in [9.17, 15) is 9.90 Å². The van der Waals surface area contributed by atoms with Crippen LogP contribution in [0.3, 0.4) is 0 Å². The van der Waals surface area contributed by atoms with Crippen LogP contribution in [0.1, 0.15) is 42.7 Å². The monoisotopic (exact) mass is 248 g/mol. The minimum absolute atomic E-state index is 0.0890. The molecule has 0 heterocycles. The Morgan fingerprint density at radius 3 is 2.72 bits per heavy atom. The topological polar surface area (TPSA) is 46.5 Å². The van der Waals surface area contributed by atoms with Crippen LogP contribution in [0.25, 0.3) is 0 Å². The molecule has 1 aromatic rings. The van der Waals surface area contributed by atoms with E-state index in [4.69, 9.17) is 4.74 Å². The Bertz CT molecular complexity index is 439. The van der Waals surface area contributed by atoms with Crippen molar-refractivity contribution in [2.75, 3.05) is 7.11 Å². The van der Waals surface area contributed by atoms with Crippen molar-refractivity contribution >= 4 is 5.97 Å². The van der Waals surface area contributed by atoms with E-state index in [2.05, 4.69) is 6.07 Å². The molecule has 3 nitrogen and oxygen atoms in total. The third-order valence-corrected chi connectivity index (χ3v) is 3.87. The molecule has 1 N–H and O–H groups in total. The third kappa shape index (κ3) is 2.50. The zero-order valence-corrected chi connectivity index (χ0v) is 11.0. The van der Waals surface area contributed by atoms with E-state index in [1.54, 1.807) is 7.11 Å². The van der Waals surface area contributed by atoms with E-state index in [1.807, 2.05) is 19.1 Å². The number of rotatable bonds is 3. The predicted molar refractivity (Wildman–Crippen MR) is 70.1 cm³/mol. The van der Waals surface area contributed by atoms with Gasteiger partial charge in [-0.2, -0.15) is 0 Å². The molecule has 0 aromatic heterocycles. The number of carbonyl (C=O) groups is 1. The number of ether oxygens (including phenoxy) is 1. The molecular formula is C15H20O3. The van der Waals surface area contributed by atoms with E-state index in [0.29, 0.717) is 0 Å². The lowest BCUT2D eigenvalue weighted by Crippen LogP contribution is -2.25. The third-order valence-electron chi connectivity index (χ3n) is 3.87. The maximum atomic E-state index is 11.4. The van der Waals surface area contributed by atoms with Gasteiger partial charge in [-0.15, -0.1) is 0 Å². The van der Waals surface area contributed by atoms with Gasteiger partial charge in [-0.1, -0.05) is 30.5 Å². The Labute approximate surface area is 108 Å². The van der Waals surface area contributed by atoms with Crippen molar-refractivity contribution in [3.05, 3.63) is 29.3 Å². The van der Waals surface area contributed by atoms with Crippen LogP contribution < -0.4 is 4.74 Å². The molecule has 3 heteroatoms. The SMILES string of the molecule is COc1ccc(C)cc1C1CCCCC1C(=O)O. The summed E-state index contributed by atoms with van der Waals surface area (Å²) in [5, 5.41) is 9.36. The fraction of sp³-hybridized carbons (Fsp3) is 0.533. The van der Waals surface area contributed by atoms with Crippen LogP contribution in [0.5, 0.6) is 5.75 Å². The highest BCUT2D eigenvalue weighted by molar-refractivity contribution is 5.72. The molecule has 0 amide bonds. The summed E-state index contributed by atoms with van der Waals surface area (Å²) in [6.07, 6.45) is 3.83. The quantitative estimate of drug-likeness (QED) is 0.892. The van der Waals surface area contributed by atoms with Crippen molar-refractivity contribution in [3.8, 4) is 5.75 Å². The standard InChI is InChI=1S/C15H20O3/c1-10-7-8-14(18-2)13(9-10)11-5-3-4-6-12(11)15(16)17/h7-9,11-12H,3-6H2,1-2H3,(H,16,17). The zero-order chi connectivity index (χ0) is 13.1. The molecule has 0 spiro atoms. The first-order valence-corrected chi connectivity index (χ1v) is 6.51. The smallest absolute Gasteiger partial charge is 0.307 e. The Kier molecular flexibility index (Phi) is 3.90. The number of aliphatic carboxylic acids is 1. The predicted octanol–water partition coefficient (Wildman–Crippen LogP) is 3.36. The lowest BCUT2D eigenvalue weighted by atomic mass is 9.75. The lowest BCUT2D eigenvalue weighted by Gasteiger charge is -2.30. The van der Waals surface area contributed by atoms with Gasteiger partial charge in [0.25, 0.3) is 0 Å². The number of benzene rings is 1. The van der Waals surface area contributed by atoms with Gasteiger partial charge < -0.3 is 9.84 Å². The number of hydrogen-bond acceptors (Lipinski definition) is 2. The highest BCUT2D eigenvalue weighted by Gasteiger charge is 2.33. The van der Waals surface area contributed by atoms with Gasteiger partial charge >= 0.3 is 5.97 Å². The summed E-state index contributed by atoms with van der Waals surface area (Å²) < 4.78 is 5.39. The van der Waals surface area contributed by atoms with E-state index in [1.165, 1.54) is 0 Å². The van der Waals surface area contributed by atoms with E-state index >= 15 is 0 Å². The van der Waals surface area contributed by atoms with Gasteiger partial charge in [0, 0.05) is 5.92 Å².